The molecule has 0 aromatic heterocycles. The third-order valence-corrected chi connectivity index (χ3v) is 2.45. The maximum atomic E-state index is 10.4. The molecule has 0 spiro atoms. The number of rotatable bonds is 0. The fourth-order valence-corrected chi connectivity index (χ4v) is 1.73. The number of carbonyl (C=O) groups excluding carboxylic acids is 1. The van der Waals surface area contributed by atoms with Crippen molar-refractivity contribution in [3.63, 3.8) is 0 Å². The number of allylic oxidation sites excluding steroid dienone is 1. The fourth-order valence-electron chi connectivity index (χ4n) is 1.73. The Kier molecular flexibility index (Phi) is 2.29. The quantitative estimate of drug-likeness (QED) is 0.469. The Balaban J connectivity index is 2.72. The Hall–Kier alpha value is -0.550. The van der Waals surface area contributed by atoms with Crippen LogP contribution in [-0.4, -0.2) is 5.94 Å². The molecule has 1 aliphatic rings. The van der Waals surface area contributed by atoms with Crippen LogP contribution >= 0.6 is 0 Å². The van der Waals surface area contributed by atoms with E-state index < -0.39 is 0 Å². The minimum atomic E-state index is 0.487. The van der Waals surface area contributed by atoms with E-state index in [1.165, 1.54) is 19.3 Å². The molecule has 2 unspecified atom stereocenters. The van der Waals surface area contributed by atoms with Crippen LogP contribution in [0.25, 0.3) is 0 Å². The van der Waals surface area contributed by atoms with Crippen molar-refractivity contribution < 1.29 is 4.79 Å². The zero-order valence-electron chi connectivity index (χ0n) is 6.68. The van der Waals surface area contributed by atoms with E-state index in [1.807, 2.05) is 0 Å². The first kappa shape index (κ1) is 7.56. The fraction of sp³-hybridized carbons (Fsp3) is 0.778. The molecule has 1 fully saturated rings. The molecule has 1 aliphatic carbocycles. The van der Waals surface area contributed by atoms with Crippen LogP contribution in [0.4, 0.5) is 0 Å². The van der Waals surface area contributed by atoms with Crippen molar-refractivity contribution in [3.8, 4) is 0 Å². The van der Waals surface area contributed by atoms with Gasteiger partial charge in [0.05, 0.1) is 0 Å². The summed E-state index contributed by atoms with van der Waals surface area (Å²) >= 11 is 0. The van der Waals surface area contributed by atoms with Gasteiger partial charge in [-0.3, -0.25) is 0 Å². The minimum absolute atomic E-state index is 0.487. The predicted molar refractivity (Wildman–Crippen MR) is 41.4 cm³/mol. The van der Waals surface area contributed by atoms with Crippen LogP contribution in [0.15, 0.2) is 5.57 Å². The van der Waals surface area contributed by atoms with E-state index >= 15 is 0 Å². The maximum Gasteiger partial charge on any atom is 0.124 e. The van der Waals surface area contributed by atoms with Crippen LogP contribution in [0.2, 0.25) is 0 Å². The van der Waals surface area contributed by atoms with Crippen molar-refractivity contribution in [3.05, 3.63) is 5.57 Å². The van der Waals surface area contributed by atoms with Gasteiger partial charge < -0.3 is 0 Å². The Bertz CT molecular complexity index is 154. The van der Waals surface area contributed by atoms with E-state index in [-0.39, 0.29) is 0 Å². The number of hydrogen-bond acceptors (Lipinski definition) is 1. The SMILES string of the molecule is CC1CCCC(C)C1=C=O. The van der Waals surface area contributed by atoms with Gasteiger partial charge in [0, 0.05) is 5.57 Å². The average Bonchev–Trinajstić information content (AvgIpc) is 1.88. The first-order valence-electron chi connectivity index (χ1n) is 4.00. The molecule has 1 rings (SSSR count). The molecule has 0 aliphatic heterocycles. The average molecular weight is 138 g/mol. The second-order valence-corrected chi connectivity index (χ2v) is 3.29. The molecular formula is C9H14O. The molecule has 0 heterocycles. The van der Waals surface area contributed by atoms with Crippen LogP contribution in [-0.2, 0) is 4.79 Å². The molecule has 2 atom stereocenters. The summed E-state index contributed by atoms with van der Waals surface area (Å²) in [4.78, 5) is 10.4. The predicted octanol–water partition coefficient (Wildman–Crippen LogP) is 2.20. The van der Waals surface area contributed by atoms with Crippen molar-refractivity contribution in [2.75, 3.05) is 0 Å². The van der Waals surface area contributed by atoms with E-state index in [4.69, 9.17) is 0 Å². The number of hydrogen-bond donors (Lipinski definition) is 0. The van der Waals surface area contributed by atoms with Crippen LogP contribution in [0.5, 0.6) is 0 Å². The van der Waals surface area contributed by atoms with Crippen molar-refractivity contribution in [2.45, 2.75) is 33.1 Å². The summed E-state index contributed by atoms with van der Waals surface area (Å²) in [7, 11) is 0. The maximum absolute atomic E-state index is 10.4. The first-order chi connectivity index (χ1) is 4.75. The van der Waals surface area contributed by atoms with Gasteiger partial charge in [0.15, 0.2) is 0 Å². The molecule has 0 amide bonds. The standard InChI is InChI=1S/C9H14O/c1-7-4-3-5-8(2)9(7)6-10/h7-8H,3-5H2,1-2H3. The lowest BCUT2D eigenvalue weighted by Crippen LogP contribution is -2.14. The Morgan fingerprint density at radius 2 is 1.80 bits per heavy atom. The smallest absolute Gasteiger partial charge is 0.124 e. The summed E-state index contributed by atoms with van der Waals surface area (Å²) in [5, 5.41) is 0. The summed E-state index contributed by atoms with van der Waals surface area (Å²) in [6.45, 7) is 4.24. The van der Waals surface area contributed by atoms with Crippen LogP contribution in [0, 0.1) is 11.8 Å². The monoisotopic (exact) mass is 138 g/mol. The third kappa shape index (κ3) is 1.30. The molecule has 1 heteroatoms. The second-order valence-electron chi connectivity index (χ2n) is 3.29. The van der Waals surface area contributed by atoms with E-state index in [9.17, 15) is 4.79 Å². The summed E-state index contributed by atoms with van der Waals surface area (Å²) in [6.07, 6.45) is 3.62. The van der Waals surface area contributed by atoms with Gasteiger partial charge in [-0.1, -0.05) is 20.3 Å². The van der Waals surface area contributed by atoms with E-state index in [0.717, 1.165) is 5.57 Å². The van der Waals surface area contributed by atoms with Crippen molar-refractivity contribution in [1.29, 1.82) is 0 Å². The zero-order valence-corrected chi connectivity index (χ0v) is 6.68. The third-order valence-electron chi connectivity index (χ3n) is 2.45. The lowest BCUT2D eigenvalue weighted by molar-refractivity contribution is 0.405. The molecule has 1 saturated carbocycles. The topological polar surface area (TPSA) is 17.1 Å². The van der Waals surface area contributed by atoms with E-state index in [0.29, 0.717) is 11.8 Å². The summed E-state index contributed by atoms with van der Waals surface area (Å²) in [5.41, 5.74) is 1.01. The molecule has 56 valence electrons. The Morgan fingerprint density at radius 3 is 2.10 bits per heavy atom. The van der Waals surface area contributed by atoms with E-state index in [2.05, 4.69) is 19.8 Å². The van der Waals surface area contributed by atoms with Gasteiger partial charge in [0.1, 0.15) is 5.94 Å². The molecule has 0 aromatic carbocycles. The molecule has 10 heavy (non-hydrogen) atoms. The van der Waals surface area contributed by atoms with Gasteiger partial charge in [-0.2, -0.15) is 0 Å². The van der Waals surface area contributed by atoms with Gasteiger partial charge >= 0.3 is 0 Å². The Morgan fingerprint density at radius 1 is 1.30 bits per heavy atom. The van der Waals surface area contributed by atoms with Gasteiger partial charge in [-0.25, -0.2) is 4.79 Å². The Labute approximate surface area is 62.1 Å². The van der Waals surface area contributed by atoms with Gasteiger partial charge in [-0.05, 0) is 24.7 Å². The van der Waals surface area contributed by atoms with Crippen molar-refractivity contribution >= 4 is 5.94 Å². The highest BCUT2D eigenvalue weighted by atomic mass is 16.1. The summed E-state index contributed by atoms with van der Waals surface area (Å²) < 4.78 is 0. The summed E-state index contributed by atoms with van der Waals surface area (Å²) in [5.74, 6) is 3.04. The van der Waals surface area contributed by atoms with E-state index in [1.54, 1.807) is 0 Å². The first-order valence-corrected chi connectivity index (χ1v) is 4.00. The van der Waals surface area contributed by atoms with Crippen molar-refractivity contribution in [2.24, 2.45) is 11.8 Å². The van der Waals surface area contributed by atoms with Crippen molar-refractivity contribution in [1.82, 2.24) is 0 Å². The largest absolute Gasteiger partial charge is 0.234 e. The summed E-state index contributed by atoms with van der Waals surface area (Å²) in [6, 6.07) is 0. The van der Waals surface area contributed by atoms with Crippen LogP contribution in [0.3, 0.4) is 0 Å². The highest BCUT2D eigenvalue weighted by Gasteiger charge is 2.21. The molecule has 0 saturated heterocycles. The molecule has 0 radical (unpaired) electrons. The molecule has 1 nitrogen and oxygen atoms in total. The molecule has 0 bridgehead atoms. The van der Waals surface area contributed by atoms with Gasteiger partial charge in [0.2, 0.25) is 0 Å². The van der Waals surface area contributed by atoms with Gasteiger partial charge in [0.25, 0.3) is 0 Å². The molecule has 0 aromatic rings. The normalized spacial score (nSPS) is 33.6. The lowest BCUT2D eigenvalue weighted by atomic mass is 9.79. The lowest BCUT2D eigenvalue weighted by Gasteiger charge is -2.24. The highest BCUT2D eigenvalue weighted by Crippen LogP contribution is 2.31. The van der Waals surface area contributed by atoms with Gasteiger partial charge in [-0.15, -0.1) is 0 Å². The highest BCUT2D eigenvalue weighted by molar-refractivity contribution is 5.54. The zero-order chi connectivity index (χ0) is 7.56. The molecular weight excluding hydrogens is 124 g/mol. The second kappa shape index (κ2) is 3.03. The van der Waals surface area contributed by atoms with Crippen LogP contribution < -0.4 is 0 Å². The minimum Gasteiger partial charge on any atom is -0.234 e. The molecule has 0 N–H and O–H groups in total. The van der Waals surface area contributed by atoms with Crippen LogP contribution in [0.1, 0.15) is 33.1 Å².